The molecule has 224 valence electrons. The number of nitrogens with one attached hydrogen (secondary N) is 1. The van der Waals surface area contributed by atoms with Gasteiger partial charge in [-0.05, 0) is 75.9 Å². The van der Waals surface area contributed by atoms with Gasteiger partial charge in [-0.2, -0.15) is 0 Å². The van der Waals surface area contributed by atoms with Crippen LogP contribution in [0, 0.1) is 11.2 Å². The maximum Gasteiger partial charge on any atom is 0.309 e. The molecule has 1 saturated heterocycles. The van der Waals surface area contributed by atoms with Crippen molar-refractivity contribution in [3.05, 3.63) is 78.5 Å². The van der Waals surface area contributed by atoms with Crippen molar-refractivity contribution in [3.63, 3.8) is 0 Å². The molecule has 3 aromatic heterocycles. The molecule has 1 aromatic carbocycles. The van der Waals surface area contributed by atoms with E-state index in [1.54, 1.807) is 32.3 Å². The van der Waals surface area contributed by atoms with E-state index in [-0.39, 0.29) is 11.9 Å². The second kappa shape index (κ2) is 13.0. The van der Waals surface area contributed by atoms with Crippen LogP contribution in [0.1, 0.15) is 39.2 Å². The molecule has 10 nitrogen and oxygen atoms in total. The van der Waals surface area contributed by atoms with Crippen LogP contribution in [-0.4, -0.2) is 56.8 Å². The number of hydrogen-bond donors (Lipinski definition) is 2. The van der Waals surface area contributed by atoms with Crippen LogP contribution >= 0.6 is 0 Å². The molecule has 2 N–H and O–H groups in total. The molecule has 1 atom stereocenters. The largest absolute Gasteiger partial charge is 0.488 e. The van der Waals surface area contributed by atoms with E-state index in [0.717, 1.165) is 30.5 Å². The van der Waals surface area contributed by atoms with E-state index in [1.807, 2.05) is 43.3 Å². The maximum atomic E-state index is 14.9. The van der Waals surface area contributed by atoms with Gasteiger partial charge in [0.2, 0.25) is 0 Å². The lowest BCUT2D eigenvalue weighted by Crippen LogP contribution is -2.41. The molecular weight excluding hydrogens is 551 g/mol. The molecule has 11 heteroatoms. The molecule has 1 aliphatic heterocycles. The third kappa shape index (κ3) is 7.35. The van der Waals surface area contributed by atoms with Crippen LogP contribution in [0.3, 0.4) is 0 Å². The topological polar surface area (TPSA) is 123 Å². The van der Waals surface area contributed by atoms with Gasteiger partial charge in [-0.15, -0.1) is 0 Å². The summed E-state index contributed by atoms with van der Waals surface area (Å²) < 4.78 is 26.7. The van der Waals surface area contributed by atoms with Crippen molar-refractivity contribution in [3.8, 4) is 22.9 Å². The fourth-order valence-electron chi connectivity index (χ4n) is 4.94. The lowest BCUT2D eigenvalue weighted by molar-refractivity contribution is -0.146. The van der Waals surface area contributed by atoms with Gasteiger partial charge in [-0.1, -0.05) is 18.2 Å². The number of benzene rings is 1. The summed E-state index contributed by atoms with van der Waals surface area (Å²) in [5.74, 6) is 0.670. The van der Waals surface area contributed by atoms with Crippen molar-refractivity contribution in [2.75, 3.05) is 29.9 Å². The Bertz CT molecular complexity index is 1580. The molecule has 5 rings (SSSR count). The molecule has 4 aromatic rings. The normalized spacial score (nSPS) is 15.2. The number of aliphatic carboxylic acids is 1. The first kappa shape index (κ1) is 29.7. The van der Waals surface area contributed by atoms with Crippen molar-refractivity contribution in [1.29, 1.82) is 0 Å². The molecule has 0 aliphatic carbocycles. The van der Waals surface area contributed by atoms with E-state index in [1.165, 1.54) is 12.3 Å². The first-order valence-corrected chi connectivity index (χ1v) is 14.3. The quantitative estimate of drug-likeness (QED) is 0.219. The van der Waals surface area contributed by atoms with Crippen molar-refractivity contribution in [2.24, 2.45) is 5.41 Å². The number of pyridine rings is 2. The predicted molar refractivity (Wildman–Crippen MR) is 161 cm³/mol. The van der Waals surface area contributed by atoms with Gasteiger partial charge in [0.05, 0.1) is 36.7 Å². The summed E-state index contributed by atoms with van der Waals surface area (Å²) in [4.78, 5) is 31.6. The minimum Gasteiger partial charge on any atom is -0.488 e. The Morgan fingerprint density at radius 1 is 1.16 bits per heavy atom. The Morgan fingerprint density at radius 3 is 2.84 bits per heavy atom. The number of rotatable bonds is 11. The minimum atomic E-state index is -0.920. The van der Waals surface area contributed by atoms with Crippen molar-refractivity contribution >= 4 is 23.4 Å². The molecule has 1 aliphatic rings. The van der Waals surface area contributed by atoms with Gasteiger partial charge < -0.3 is 24.8 Å². The average Bonchev–Trinajstić information content (AvgIpc) is 2.99. The average molecular weight is 587 g/mol. The lowest BCUT2D eigenvalue weighted by atomic mass is 9.85. The van der Waals surface area contributed by atoms with Crippen molar-refractivity contribution in [2.45, 2.75) is 46.1 Å². The highest BCUT2D eigenvalue weighted by molar-refractivity contribution is 5.74. The molecule has 0 amide bonds. The van der Waals surface area contributed by atoms with E-state index in [4.69, 9.17) is 9.47 Å². The fraction of sp³-hybridized carbons (Fsp3) is 0.344. The van der Waals surface area contributed by atoms with Gasteiger partial charge in [-0.25, -0.2) is 19.3 Å². The number of piperidine rings is 1. The Hall–Kier alpha value is -4.80. The predicted octanol–water partition coefficient (Wildman–Crippen LogP) is 5.92. The monoisotopic (exact) mass is 586 g/mol. The highest BCUT2D eigenvalue weighted by Gasteiger charge is 2.28. The Kier molecular flexibility index (Phi) is 8.98. The highest BCUT2D eigenvalue weighted by atomic mass is 19.1. The first-order chi connectivity index (χ1) is 20.7. The number of carbonyl (C=O) groups is 1. The third-order valence-corrected chi connectivity index (χ3v) is 7.18. The number of anilines is 3. The van der Waals surface area contributed by atoms with E-state index in [2.05, 4.69) is 30.2 Å². The number of halogens is 1. The Balaban J connectivity index is 1.30. The zero-order valence-corrected chi connectivity index (χ0v) is 24.5. The smallest absolute Gasteiger partial charge is 0.309 e. The standard InChI is InChI=1S/C32H35FN6O4/c1-4-42-26-11-6-14-35-30(26)43-23-10-7-15-39(20-23)28-19-34-18-27(37-28)38-29-24(33)12-13-25(36-29)22-9-5-8-21(16-22)17-32(2,3)31(40)41/h5-6,8-9,11-14,16,18-19,23H,4,7,10,15,17,20H2,1-3H3,(H,40,41)(H,36,37,38)/t23-/m1/s1. The van der Waals surface area contributed by atoms with Crippen molar-refractivity contribution in [1.82, 2.24) is 19.9 Å². The van der Waals surface area contributed by atoms with Crippen LogP contribution in [0.5, 0.6) is 11.6 Å². The maximum absolute atomic E-state index is 14.9. The van der Waals surface area contributed by atoms with Gasteiger partial charge >= 0.3 is 5.97 Å². The van der Waals surface area contributed by atoms with Gasteiger partial charge in [0.1, 0.15) is 11.9 Å². The van der Waals surface area contributed by atoms with Crippen LogP contribution < -0.4 is 19.7 Å². The number of nitrogens with zero attached hydrogens (tertiary/aromatic N) is 5. The molecular formula is C32H35FN6O4. The first-order valence-electron chi connectivity index (χ1n) is 14.3. The summed E-state index contributed by atoms with van der Waals surface area (Å²) in [5.41, 5.74) is 1.22. The Morgan fingerprint density at radius 2 is 2.02 bits per heavy atom. The number of hydrogen-bond acceptors (Lipinski definition) is 9. The molecule has 0 bridgehead atoms. The van der Waals surface area contributed by atoms with Crippen LogP contribution in [0.25, 0.3) is 11.3 Å². The van der Waals surface area contributed by atoms with Crippen LogP contribution in [0.2, 0.25) is 0 Å². The molecule has 0 spiro atoms. The molecule has 0 radical (unpaired) electrons. The minimum absolute atomic E-state index is 0.0127. The zero-order chi connectivity index (χ0) is 30.4. The summed E-state index contributed by atoms with van der Waals surface area (Å²) in [6, 6.07) is 14.1. The zero-order valence-electron chi connectivity index (χ0n) is 24.5. The fourth-order valence-corrected chi connectivity index (χ4v) is 4.94. The number of carboxylic acids is 1. The van der Waals surface area contributed by atoms with Gasteiger partial charge in [-0.3, -0.25) is 9.78 Å². The second-order valence-electron chi connectivity index (χ2n) is 11.0. The Labute approximate surface area is 250 Å². The van der Waals surface area contributed by atoms with Crippen molar-refractivity contribution < 1.29 is 23.8 Å². The van der Waals surface area contributed by atoms with Crippen LogP contribution in [0.4, 0.5) is 21.8 Å². The number of carboxylic acid groups (broad SMARTS) is 1. The van der Waals surface area contributed by atoms with E-state index >= 15 is 0 Å². The van der Waals surface area contributed by atoms with Gasteiger partial charge in [0.25, 0.3) is 5.88 Å². The van der Waals surface area contributed by atoms with E-state index in [9.17, 15) is 14.3 Å². The SMILES string of the molecule is CCOc1cccnc1O[C@@H]1CCCN(c2cncc(Nc3nc(-c4cccc(CC(C)(C)C(=O)O)c4)ccc3F)n2)C1. The summed E-state index contributed by atoms with van der Waals surface area (Å²) >= 11 is 0. The molecule has 43 heavy (non-hydrogen) atoms. The van der Waals surface area contributed by atoms with E-state index < -0.39 is 17.2 Å². The summed E-state index contributed by atoms with van der Waals surface area (Å²) in [7, 11) is 0. The molecule has 0 unspecified atom stereocenters. The van der Waals surface area contributed by atoms with Crippen LogP contribution in [-0.2, 0) is 11.2 Å². The third-order valence-electron chi connectivity index (χ3n) is 7.18. The molecule has 4 heterocycles. The number of aromatic nitrogens is 4. The second-order valence-corrected chi connectivity index (χ2v) is 11.0. The van der Waals surface area contributed by atoms with E-state index in [0.29, 0.717) is 48.5 Å². The molecule has 0 saturated carbocycles. The lowest BCUT2D eigenvalue weighted by Gasteiger charge is -2.33. The molecule has 1 fully saturated rings. The summed E-state index contributed by atoms with van der Waals surface area (Å²) in [6.07, 6.45) is 6.86. The van der Waals surface area contributed by atoms with Gasteiger partial charge in [0, 0.05) is 18.3 Å². The summed E-state index contributed by atoms with van der Waals surface area (Å²) in [5, 5.41) is 12.5. The summed E-state index contributed by atoms with van der Waals surface area (Å²) in [6.45, 7) is 7.16. The number of ether oxygens (including phenoxy) is 2. The van der Waals surface area contributed by atoms with Gasteiger partial charge in [0.15, 0.2) is 23.2 Å². The highest BCUT2D eigenvalue weighted by Crippen LogP contribution is 2.29. The van der Waals surface area contributed by atoms with Crippen LogP contribution in [0.15, 0.2) is 67.1 Å².